The van der Waals surface area contributed by atoms with Crippen LogP contribution in [0, 0.1) is 5.82 Å². The summed E-state index contributed by atoms with van der Waals surface area (Å²) < 4.78 is 18.9. The molecule has 0 aliphatic carbocycles. The van der Waals surface area contributed by atoms with Crippen LogP contribution in [0.25, 0.3) is 0 Å². The van der Waals surface area contributed by atoms with E-state index in [0.717, 1.165) is 0 Å². The molecular weight excluding hydrogens is 461 g/mol. The molecule has 0 spiro atoms. The number of Topliss-reactive ketones (excluding diaryl/α,β-unsaturated/α-hetero) is 1. The SMILES string of the molecule is CC(C)(C)NC(=O)c1cccnc1C(NC(=O)OC(C)(C)C)C(=O)CCc1cc(F)ccc1Cl. The van der Waals surface area contributed by atoms with Gasteiger partial charge in [0.15, 0.2) is 5.78 Å². The van der Waals surface area contributed by atoms with Crippen LogP contribution >= 0.6 is 11.6 Å². The normalized spacial score (nSPS) is 12.6. The predicted octanol–water partition coefficient (Wildman–Crippen LogP) is 5.17. The van der Waals surface area contributed by atoms with E-state index in [1.54, 1.807) is 26.8 Å². The van der Waals surface area contributed by atoms with E-state index in [1.165, 1.54) is 30.5 Å². The summed E-state index contributed by atoms with van der Waals surface area (Å²) in [5.41, 5.74) is -0.640. The van der Waals surface area contributed by atoms with Crippen LogP contribution in [0.5, 0.6) is 0 Å². The number of amides is 2. The van der Waals surface area contributed by atoms with Gasteiger partial charge >= 0.3 is 6.09 Å². The van der Waals surface area contributed by atoms with Crippen molar-refractivity contribution in [2.24, 2.45) is 0 Å². The average Bonchev–Trinajstić information content (AvgIpc) is 2.70. The Balaban J connectivity index is 2.38. The quantitative estimate of drug-likeness (QED) is 0.556. The van der Waals surface area contributed by atoms with Crippen molar-refractivity contribution in [1.82, 2.24) is 15.6 Å². The minimum absolute atomic E-state index is 0.0828. The maximum Gasteiger partial charge on any atom is 0.408 e. The average molecular weight is 492 g/mol. The lowest BCUT2D eigenvalue weighted by atomic mass is 9.97. The molecule has 0 radical (unpaired) electrons. The number of hydrogen-bond donors (Lipinski definition) is 2. The molecule has 1 heterocycles. The molecule has 0 saturated carbocycles. The van der Waals surface area contributed by atoms with Crippen LogP contribution < -0.4 is 10.6 Å². The molecule has 1 unspecified atom stereocenters. The second-order valence-electron chi connectivity index (χ2n) is 9.92. The minimum atomic E-state index is -1.26. The van der Waals surface area contributed by atoms with Crippen LogP contribution in [0.2, 0.25) is 5.02 Å². The first-order chi connectivity index (χ1) is 15.7. The monoisotopic (exact) mass is 491 g/mol. The number of hydrogen-bond acceptors (Lipinski definition) is 5. The second-order valence-corrected chi connectivity index (χ2v) is 10.3. The highest BCUT2D eigenvalue weighted by Crippen LogP contribution is 2.23. The van der Waals surface area contributed by atoms with Crippen LogP contribution in [-0.4, -0.2) is 33.9 Å². The standard InChI is InChI=1S/C25H31ClFN3O4/c1-24(2,3)30-22(32)17-8-7-13-28-20(17)21(29-23(33)34-25(4,5)6)19(31)12-9-15-14-16(27)10-11-18(15)26/h7-8,10-11,13-14,21H,9,12H2,1-6H3,(H,29,33)(H,30,32). The van der Waals surface area contributed by atoms with Crippen LogP contribution in [-0.2, 0) is 16.0 Å². The molecule has 7 nitrogen and oxygen atoms in total. The predicted molar refractivity (Wildman–Crippen MR) is 128 cm³/mol. The number of halogens is 2. The summed E-state index contributed by atoms with van der Waals surface area (Å²) in [6.07, 6.45) is 0.658. The first-order valence-corrected chi connectivity index (χ1v) is 11.3. The number of aryl methyl sites for hydroxylation is 1. The van der Waals surface area contributed by atoms with Gasteiger partial charge in [-0.15, -0.1) is 0 Å². The van der Waals surface area contributed by atoms with Gasteiger partial charge in [0, 0.05) is 23.2 Å². The Kier molecular flexibility index (Phi) is 8.78. The van der Waals surface area contributed by atoms with Gasteiger partial charge in [-0.3, -0.25) is 14.6 Å². The van der Waals surface area contributed by atoms with E-state index in [1.807, 2.05) is 20.8 Å². The van der Waals surface area contributed by atoms with Gasteiger partial charge in [0.25, 0.3) is 5.91 Å². The van der Waals surface area contributed by atoms with Gasteiger partial charge in [-0.2, -0.15) is 0 Å². The molecule has 1 aromatic heterocycles. The molecule has 2 aromatic rings. The highest BCUT2D eigenvalue weighted by atomic mass is 35.5. The van der Waals surface area contributed by atoms with Gasteiger partial charge in [-0.05, 0) is 83.9 Å². The number of aromatic nitrogens is 1. The fraction of sp³-hybridized carbons (Fsp3) is 0.440. The van der Waals surface area contributed by atoms with Crippen molar-refractivity contribution in [2.75, 3.05) is 0 Å². The highest BCUT2D eigenvalue weighted by molar-refractivity contribution is 6.31. The molecule has 184 valence electrons. The summed E-state index contributed by atoms with van der Waals surface area (Å²) in [7, 11) is 0. The number of nitrogens with one attached hydrogen (secondary N) is 2. The Hall–Kier alpha value is -3.00. The van der Waals surface area contributed by atoms with Crippen molar-refractivity contribution in [2.45, 2.75) is 71.6 Å². The van der Waals surface area contributed by atoms with Crippen LogP contribution in [0.3, 0.4) is 0 Å². The Bertz CT molecular complexity index is 1060. The van der Waals surface area contributed by atoms with Gasteiger partial charge < -0.3 is 15.4 Å². The zero-order chi connectivity index (χ0) is 25.7. The van der Waals surface area contributed by atoms with E-state index in [9.17, 15) is 18.8 Å². The Morgan fingerprint density at radius 1 is 1.12 bits per heavy atom. The first kappa shape index (κ1) is 27.2. The number of pyridine rings is 1. The van der Waals surface area contributed by atoms with Crippen LogP contribution in [0.1, 0.15) is 75.6 Å². The number of nitrogens with zero attached hydrogens (tertiary/aromatic N) is 1. The van der Waals surface area contributed by atoms with E-state index in [-0.39, 0.29) is 24.1 Å². The van der Waals surface area contributed by atoms with Crippen molar-refractivity contribution in [3.05, 3.63) is 64.2 Å². The number of carbonyl (C=O) groups is 3. The number of alkyl carbamates (subject to hydrolysis) is 1. The maximum atomic E-state index is 13.6. The molecular formula is C25H31ClFN3O4. The summed E-state index contributed by atoms with van der Waals surface area (Å²) in [5.74, 6) is -1.34. The van der Waals surface area contributed by atoms with Gasteiger partial charge in [0.2, 0.25) is 0 Å². The van der Waals surface area contributed by atoms with Gasteiger partial charge in [-0.1, -0.05) is 11.6 Å². The maximum absolute atomic E-state index is 13.6. The Morgan fingerprint density at radius 3 is 2.41 bits per heavy atom. The lowest BCUT2D eigenvalue weighted by Crippen LogP contribution is -2.43. The molecule has 1 atom stereocenters. The molecule has 0 saturated heterocycles. The van der Waals surface area contributed by atoms with E-state index < -0.39 is 40.8 Å². The number of benzene rings is 1. The van der Waals surface area contributed by atoms with Crippen molar-refractivity contribution < 1.29 is 23.5 Å². The summed E-state index contributed by atoms with van der Waals surface area (Å²) in [6, 6.07) is 5.75. The number of rotatable bonds is 7. The second kappa shape index (κ2) is 11.0. The van der Waals surface area contributed by atoms with E-state index >= 15 is 0 Å². The smallest absolute Gasteiger partial charge is 0.408 e. The lowest BCUT2D eigenvalue weighted by Gasteiger charge is -2.25. The molecule has 0 aliphatic heterocycles. The molecule has 1 aromatic carbocycles. The molecule has 9 heteroatoms. The van der Waals surface area contributed by atoms with Crippen molar-refractivity contribution in [3.63, 3.8) is 0 Å². The zero-order valence-electron chi connectivity index (χ0n) is 20.3. The van der Waals surface area contributed by atoms with Crippen molar-refractivity contribution >= 4 is 29.4 Å². The van der Waals surface area contributed by atoms with E-state index in [2.05, 4.69) is 15.6 Å². The largest absolute Gasteiger partial charge is 0.444 e. The third-order valence-corrected chi connectivity index (χ3v) is 4.85. The summed E-state index contributed by atoms with van der Waals surface area (Å²) >= 11 is 6.13. The Morgan fingerprint density at radius 2 is 1.79 bits per heavy atom. The fourth-order valence-electron chi connectivity index (χ4n) is 3.11. The zero-order valence-corrected chi connectivity index (χ0v) is 21.0. The molecule has 2 rings (SSSR count). The van der Waals surface area contributed by atoms with Crippen molar-refractivity contribution in [3.8, 4) is 0 Å². The summed E-state index contributed by atoms with van der Waals surface area (Å²) in [5, 5.41) is 5.72. The lowest BCUT2D eigenvalue weighted by molar-refractivity contribution is -0.121. The third kappa shape index (κ3) is 8.41. The highest BCUT2D eigenvalue weighted by Gasteiger charge is 2.31. The molecule has 34 heavy (non-hydrogen) atoms. The first-order valence-electron chi connectivity index (χ1n) is 10.9. The van der Waals surface area contributed by atoms with Crippen LogP contribution in [0.15, 0.2) is 36.5 Å². The van der Waals surface area contributed by atoms with E-state index in [0.29, 0.717) is 10.6 Å². The molecule has 0 fully saturated rings. The third-order valence-electron chi connectivity index (χ3n) is 4.48. The van der Waals surface area contributed by atoms with E-state index in [4.69, 9.17) is 16.3 Å². The summed E-state index contributed by atoms with van der Waals surface area (Å²) in [4.78, 5) is 43.0. The van der Waals surface area contributed by atoms with Gasteiger partial charge in [0.1, 0.15) is 17.5 Å². The number of carbonyl (C=O) groups excluding carboxylic acids is 3. The molecule has 2 N–H and O–H groups in total. The number of ether oxygens (including phenoxy) is 1. The summed E-state index contributed by atoms with van der Waals surface area (Å²) in [6.45, 7) is 10.6. The van der Waals surface area contributed by atoms with Crippen molar-refractivity contribution in [1.29, 1.82) is 0 Å². The fourth-order valence-corrected chi connectivity index (χ4v) is 3.32. The topological polar surface area (TPSA) is 97.4 Å². The molecule has 0 bridgehead atoms. The molecule has 2 amide bonds. The number of ketones is 1. The Labute approximate surface area is 204 Å². The minimum Gasteiger partial charge on any atom is -0.444 e. The van der Waals surface area contributed by atoms with Gasteiger partial charge in [-0.25, -0.2) is 9.18 Å². The molecule has 0 aliphatic rings. The van der Waals surface area contributed by atoms with Gasteiger partial charge in [0.05, 0.1) is 11.3 Å². The van der Waals surface area contributed by atoms with Crippen LogP contribution in [0.4, 0.5) is 9.18 Å².